The number of hydrogen-bond donors (Lipinski definition) is 1. The van der Waals surface area contributed by atoms with Gasteiger partial charge in [-0.2, -0.15) is 5.10 Å². The molecular weight excluding hydrogens is 286 g/mol. The van der Waals surface area contributed by atoms with Crippen molar-refractivity contribution in [2.24, 2.45) is 7.05 Å². The summed E-state index contributed by atoms with van der Waals surface area (Å²) >= 11 is 0. The molecule has 2 atom stereocenters. The first kappa shape index (κ1) is 15.0. The molecule has 1 aromatic heterocycles. The highest BCUT2D eigenvalue weighted by atomic mass is 16.5. The number of rotatable bonds is 2. The van der Waals surface area contributed by atoms with Crippen LogP contribution in [0.3, 0.4) is 0 Å². The maximum absolute atomic E-state index is 12.6. The summed E-state index contributed by atoms with van der Waals surface area (Å²) in [7, 11) is 1.81. The Morgan fingerprint density at radius 1 is 1.45 bits per heavy atom. The number of nitrogens with one attached hydrogen (secondary N) is 1. The number of anilines is 1. The van der Waals surface area contributed by atoms with Gasteiger partial charge in [0.05, 0.1) is 24.6 Å². The van der Waals surface area contributed by atoms with Gasteiger partial charge < -0.3 is 19.9 Å². The number of carbonyl (C=O) groups is 2. The topological polar surface area (TPSA) is 79.7 Å². The first-order chi connectivity index (χ1) is 10.6. The lowest BCUT2D eigenvalue weighted by molar-refractivity contribution is -0.143. The normalized spacial score (nSPS) is 26.4. The Labute approximate surface area is 129 Å². The molecule has 3 heterocycles. The van der Waals surface area contributed by atoms with Gasteiger partial charge in [0.2, 0.25) is 11.8 Å². The molecule has 2 amide bonds. The van der Waals surface area contributed by atoms with Crippen molar-refractivity contribution in [3.63, 3.8) is 0 Å². The van der Waals surface area contributed by atoms with Gasteiger partial charge in [-0.1, -0.05) is 0 Å². The smallest absolute Gasteiger partial charge is 0.246 e. The number of nitrogens with zero attached hydrogens (tertiary/aromatic N) is 4. The molecule has 0 radical (unpaired) electrons. The van der Waals surface area contributed by atoms with E-state index in [1.54, 1.807) is 26.9 Å². The van der Waals surface area contributed by atoms with E-state index >= 15 is 0 Å². The fraction of sp³-hybridized carbons (Fsp3) is 0.643. The number of morpholine rings is 1. The summed E-state index contributed by atoms with van der Waals surface area (Å²) in [4.78, 5) is 28.2. The van der Waals surface area contributed by atoms with Crippen LogP contribution in [0.4, 0.5) is 5.69 Å². The molecule has 8 heteroatoms. The van der Waals surface area contributed by atoms with Gasteiger partial charge in [-0.3, -0.25) is 14.3 Å². The molecular formula is C14H21N5O3. The van der Waals surface area contributed by atoms with Crippen LogP contribution in [0.25, 0.3) is 0 Å². The zero-order chi connectivity index (χ0) is 15.7. The first-order valence-corrected chi connectivity index (χ1v) is 7.49. The molecule has 8 nitrogen and oxygen atoms in total. The number of hydrogen-bond acceptors (Lipinski definition) is 5. The monoisotopic (exact) mass is 307 g/mol. The molecule has 0 saturated carbocycles. The second-order valence-corrected chi connectivity index (χ2v) is 5.69. The second-order valence-electron chi connectivity index (χ2n) is 5.69. The lowest BCUT2D eigenvalue weighted by Crippen LogP contribution is -2.60. The van der Waals surface area contributed by atoms with Gasteiger partial charge in [0.1, 0.15) is 12.6 Å². The van der Waals surface area contributed by atoms with Crippen LogP contribution in [-0.2, 0) is 21.4 Å². The van der Waals surface area contributed by atoms with E-state index in [2.05, 4.69) is 10.4 Å². The zero-order valence-corrected chi connectivity index (χ0v) is 12.9. The summed E-state index contributed by atoms with van der Waals surface area (Å²) in [5.74, 6) is -0.150. The molecule has 2 aliphatic heterocycles. The largest absolute Gasteiger partial charge is 0.375 e. The predicted molar refractivity (Wildman–Crippen MR) is 79.3 cm³/mol. The number of piperazine rings is 1. The quantitative estimate of drug-likeness (QED) is 0.756. The maximum atomic E-state index is 12.6. The minimum Gasteiger partial charge on any atom is -0.375 e. The lowest BCUT2D eigenvalue weighted by Gasteiger charge is -2.38. The molecule has 0 bridgehead atoms. The molecule has 1 N–H and O–H groups in total. The van der Waals surface area contributed by atoms with Gasteiger partial charge in [-0.25, -0.2) is 0 Å². The highest BCUT2D eigenvalue weighted by molar-refractivity contribution is 5.98. The van der Waals surface area contributed by atoms with E-state index in [1.165, 1.54) is 0 Å². The first-order valence-electron chi connectivity index (χ1n) is 7.49. The van der Waals surface area contributed by atoms with Gasteiger partial charge >= 0.3 is 0 Å². The summed E-state index contributed by atoms with van der Waals surface area (Å²) in [5.41, 5.74) is 0.770. The summed E-state index contributed by atoms with van der Waals surface area (Å²) < 4.78 is 7.16. The maximum Gasteiger partial charge on any atom is 0.246 e. The van der Waals surface area contributed by atoms with Crippen LogP contribution in [0, 0.1) is 0 Å². The van der Waals surface area contributed by atoms with Crippen LogP contribution < -0.4 is 10.2 Å². The van der Waals surface area contributed by atoms with E-state index in [9.17, 15) is 9.59 Å². The summed E-state index contributed by atoms with van der Waals surface area (Å²) in [6, 6.07) is -0.369. The van der Waals surface area contributed by atoms with Crippen molar-refractivity contribution in [1.82, 2.24) is 20.0 Å². The Hall–Kier alpha value is -1.93. The molecule has 22 heavy (non-hydrogen) atoms. The molecule has 0 spiro atoms. The Kier molecular flexibility index (Phi) is 4.12. The van der Waals surface area contributed by atoms with Crippen molar-refractivity contribution >= 4 is 17.5 Å². The minimum atomic E-state index is -0.369. The Bertz CT molecular complexity index is 573. The minimum absolute atomic E-state index is 0.0635. The van der Waals surface area contributed by atoms with Crippen LogP contribution in [0.1, 0.15) is 6.92 Å². The lowest BCUT2D eigenvalue weighted by atomic mass is 10.1. The van der Waals surface area contributed by atoms with Gasteiger partial charge in [-0.05, 0) is 6.92 Å². The van der Waals surface area contributed by atoms with Crippen molar-refractivity contribution in [3.05, 3.63) is 12.4 Å². The van der Waals surface area contributed by atoms with Gasteiger partial charge in [0.25, 0.3) is 0 Å². The Morgan fingerprint density at radius 2 is 2.27 bits per heavy atom. The second kappa shape index (κ2) is 6.05. The highest BCUT2D eigenvalue weighted by Gasteiger charge is 2.35. The predicted octanol–water partition coefficient (Wildman–Crippen LogP) is -1.03. The third-order valence-corrected chi connectivity index (χ3v) is 4.12. The summed E-state index contributed by atoms with van der Waals surface area (Å²) in [5, 5.41) is 7.25. The van der Waals surface area contributed by atoms with Crippen LogP contribution >= 0.6 is 0 Å². The van der Waals surface area contributed by atoms with Crippen LogP contribution in [0.5, 0.6) is 0 Å². The number of ether oxygens (including phenoxy) is 1. The van der Waals surface area contributed by atoms with Gasteiger partial charge in [0.15, 0.2) is 0 Å². The average Bonchev–Trinajstić information content (AvgIpc) is 2.93. The van der Waals surface area contributed by atoms with Crippen molar-refractivity contribution in [2.45, 2.75) is 19.1 Å². The SMILES string of the molecule is C[C@H]1OCCN[C@@H]1C(=O)N1CCN(c2cnn(C)c2)C(=O)C1. The average molecular weight is 307 g/mol. The van der Waals surface area contributed by atoms with Crippen LogP contribution in [-0.4, -0.2) is 71.4 Å². The molecule has 120 valence electrons. The molecule has 0 unspecified atom stereocenters. The number of amides is 2. The molecule has 2 fully saturated rings. The third-order valence-electron chi connectivity index (χ3n) is 4.12. The highest BCUT2D eigenvalue weighted by Crippen LogP contribution is 2.17. The van der Waals surface area contributed by atoms with Crippen molar-refractivity contribution in [1.29, 1.82) is 0 Å². The molecule has 2 saturated heterocycles. The zero-order valence-electron chi connectivity index (χ0n) is 12.9. The van der Waals surface area contributed by atoms with E-state index in [-0.39, 0.29) is 30.5 Å². The summed E-state index contributed by atoms with van der Waals surface area (Å²) in [6.45, 7) is 4.24. The van der Waals surface area contributed by atoms with E-state index in [0.29, 0.717) is 26.2 Å². The Balaban J connectivity index is 1.64. The standard InChI is InChI=1S/C14H21N5O3/c1-10-13(15-3-6-22-10)14(21)18-4-5-19(12(20)9-18)11-7-16-17(2)8-11/h7-8,10,13,15H,3-6,9H2,1-2H3/t10-,13+/m1/s1. The van der Waals surface area contributed by atoms with Crippen molar-refractivity contribution in [2.75, 3.05) is 37.7 Å². The Morgan fingerprint density at radius 3 is 2.91 bits per heavy atom. The number of aromatic nitrogens is 2. The summed E-state index contributed by atoms with van der Waals surface area (Å²) in [6.07, 6.45) is 3.29. The molecule has 0 aromatic carbocycles. The van der Waals surface area contributed by atoms with Crippen LogP contribution in [0.2, 0.25) is 0 Å². The number of aryl methyl sites for hydroxylation is 1. The number of carbonyl (C=O) groups excluding carboxylic acids is 2. The molecule has 3 rings (SSSR count). The van der Waals surface area contributed by atoms with Gasteiger partial charge in [0, 0.05) is 32.9 Å². The van der Waals surface area contributed by atoms with Crippen LogP contribution in [0.15, 0.2) is 12.4 Å². The van der Waals surface area contributed by atoms with Crippen molar-refractivity contribution < 1.29 is 14.3 Å². The molecule has 2 aliphatic rings. The fourth-order valence-electron chi connectivity index (χ4n) is 2.89. The van der Waals surface area contributed by atoms with E-state index in [0.717, 1.165) is 5.69 Å². The molecule has 0 aliphatic carbocycles. The molecule has 1 aromatic rings. The fourth-order valence-corrected chi connectivity index (χ4v) is 2.89. The van der Waals surface area contributed by atoms with Gasteiger partial charge in [-0.15, -0.1) is 0 Å². The third kappa shape index (κ3) is 2.84. The van der Waals surface area contributed by atoms with E-state index in [4.69, 9.17) is 4.74 Å². The van der Waals surface area contributed by atoms with Crippen molar-refractivity contribution in [3.8, 4) is 0 Å². The van der Waals surface area contributed by atoms with E-state index in [1.807, 2.05) is 14.0 Å². The van der Waals surface area contributed by atoms with E-state index < -0.39 is 0 Å².